The van der Waals surface area contributed by atoms with Gasteiger partial charge in [-0.05, 0) is 32.8 Å². The van der Waals surface area contributed by atoms with E-state index in [-0.39, 0.29) is 11.6 Å². The topological polar surface area (TPSA) is 56.3 Å². The van der Waals surface area contributed by atoms with Crippen molar-refractivity contribution in [2.75, 3.05) is 6.61 Å². The third kappa shape index (κ3) is 6.45. The summed E-state index contributed by atoms with van der Waals surface area (Å²) in [5, 5.41) is 0. The molecule has 0 aliphatic rings. The standard InChI is InChI=1S/C16H23NO3/c1-13(18)8-6-4-3-5-7-11-20-16-12-17-10-9-15(16)14(2)19/h9-10,12H,3-8,11H2,1-2H3. The van der Waals surface area contributed by atoms with E-state index in [0.29, 0.717) is 24.3 Å². The van der Waals surface area contributed by atoms with Crippen molar-refractivity contribution in [2.45, 2.75) is 52.4 Å². The van der Waals surface area contributed by atoms with Crippen LogP contribution in [0.1, 0.15) is 62.7 Å². The summed E-state index contributed by atoms with van der Waals surface area (Å²) in [5.41, 5.74) is 0.585. The molecular weight excluding hydrogens is 254 g/mol. The quantitative estimate of drug-likeness (QED) is 0.484. The van der Waals surface area contributed by atoms with E-state index in [1.807, 2.05) is 0 Å². The summed E-state index contributed by atoms with van der Waals surface area (Å²) in [6, 6.07) is 1.68. The Bertz CT molecular complexity index is 443. The lowest BCUT2D eigenvalue weighted by molar-refractivity contribution is -0.117. The molecule has 1 heterocycles. The summed E-state index contributed by atoms with van der Waals surface area (Å²) in [7, 11) is 0. The average Bonchev–Trinajstić information content (AvgIpc) is 2.41. The van der Waals surface area contributed by atoms with Crippen LogP contribution in [0.5, 0.6) is 5.75 Å². The van der Waals surface area contributed by atoms with Crippen LogP contribution in [0.3, 0.4) is 0 Å². The number of carbonyl (C=O) groups is 2. The monoisotopic (exact) mass is 277 g/mol. The van der Waals surface area contributed by atoms with Crippen LogP contribution in [0.25, 0.3) is 0 Å². The van der Waals surface area contributed by atoms with E-state index in [0.717, 1.165) is 32.1 Å². The van der Waals surface area contributed by atoms with Crippen molar-refractivity contribution in [3.8, 4) is 5.75 Å². The maximum atomic E-state index is 11.4. The van der Waals surface area contributed by atoms with Crippen molar-refractivity contribution in [1.29, 1.82) is 0 Å². The smallest absolute Gasteiger partial charge is 0.163 e. The molecule has 0 aromatic carbocycles. The van der Waals surface area contributed by atoms with Crippen LogP contribution in [0.2, 0.25) is 0 Å². The molecule has 1 aromatic rings. The number of rotatable bonds is 10. The van der Waals surface area contributed by atoms with Gasteiger partial charge in [0.2, 0.25) is 0 Å². The molecule has 0 aliphatic carbocycles. The zero-order valence-electron chi connectivity index (χ0n) is 12.4. The minimum atomic E-state index is -0.00775. The van der Waals surface area contributed by atoms with Gasteiger partial charge in [-0.25, -0.2) is 0 Å². The molecule has 0 amide bonds. The van der Waals surface area contributed by atoms with Gasteiger partial charge in [-0.15, -0.1) is 0 Å². The molecule has 0 atom stereocenters. The summed E-state index contributed by atoms with van der Waals surface area (Å²) in [5.74, 6) is 0.824. The molecule has 0 unspecified atom stereocenters. The van der Waals surface area contributed by atoms with E-state index >= 15 is 0 Å². The number of ether oxygens (including phenoxy) is 1. The van der Waals surface area contributed by atoms with Crippen LogP contribution in [-0.4, -0.2) is 23.2 Å². The van der Waals surface area contributed by atoms with Gasteiger partial charge in [0.05, 0.1) is 18.4 Å². The molecule has 0 saturated heterocycles. The number of pyridine rings is 1. The molecule has 0 bridgehead atoms. The first-order chi connectivity index (χ1) is 9.61. The number of aromatic nitrogens is 1. The third-order valence-corrected chi connectivity index (χ3v) is 3.09. The van der Waals surface area contributed by atoms with E-state index in [1.165, 1.54) is 6.92 Å². The molecule has 0 spiro atoms. The number of ketones is 2. The average molecular weight is 277 g/mol. The zero-order valence-corrected chi connectivity index (χ0v) is 12.4. The molecule has 20 heavy (non-hydrogen) atoms. The summed E-state index contributed by atoms with van der Waals surface area (Å²) in [6.07, 6.45) is 9.08. The second kappa shape index (κ2) is 9.23. The van der Waals surface area contributed by atoms with Crippen LogP contribution in [0.4, 0.5) is 0 Å². The second-order valence-electron chi connectivity index (χ2n) is 5.00. The highest BCUT2D eigenvalue weighted by atomic mass is 16.5. The highest BCUT2D eigenvalue weighted by molar-refractivity contribution is 5.96. The van der Waals surface area contributed by atoms with Crippen LogP contribution >= 0.6 is 0 Å². The second-order valence-corrected chi connectivity index (χ2v) is 5.00. The van der Waals surface area contributed by atoms with Crippen molar-refractivity contribution in [2.24, 2.45) is 0 Å². The van der Waals surface area contributed by atoms with E-state index in [9.17, 15) is 9.59 Å². The molecule has 0 saturated carbocycles. The molecule has 0 N–H and O–H groups in total. The molecule has 110 valence electrons. The Morgan fingerprint density at radius 3 is 2.50 bits per heavy atom. The van der Waals surface area contributed by atoms with E-state index in [2.05, 4.69) is 4.98 Å². The number of hydrogen-bond acceptors (Lipinski definition) is 4. The van der Waals surface area contributed by atoms with Crippen LogP contribution in [-0.2, 0) is 4.79 Å². The van der Waals surface area contributed by atoms with Crippen molar-refractivity contribution in [3.05, 3.63) is 24.0 Å². The molecule has 4 heteroatoms. The van der Waals surface area contributed by atoms with E-state index < -0.39 is 0 Å². The molecule has 1 aromatic heterocycles. The maximum Gasteiger partial charge on any atom is 0.163 e. The van der Waals surface area contributed by atoms with Crippen LogP contribution < -0.4 is 4.74 Å². The normalized spacial score (nSPS) is 10.3. The number of hydrogen-bond donors (Lipinski definition) is 0. The van der Waals surface area contributed by atoms with E-state index in [4.69, 9.17) is 4.74 Å². The molecule has 4 nitrogen and oxygen atoms in total. The Balaban J connectivity index is 2.15. The van der Waals surface area contributed by atoms with Gasteiger partial charge in [0.15, 0.2) is 5.78 Å². The van der Waals surface area contributed by atoms with Gasteiger partial charge in [0, 0.05) is 12.6 Å². The van der Waals surface area contributed by atoms with Gasteiger partial charge in [-0.1, -0.05) is 19.3 Å². The summed E-state index contributed by atoms with van der Waals surface area (Å²) in [4.78, 5) is 26.1. The van der Waals surface area contributed by atoms with Crippen molar-refractivity contribution < 1.29 is 14.3 Å². The maximum absolute atomic E-state index is 11.4. The first-order valence-electron chi connectivity index (χ1n) is 7.18. The van der Waals surface area contributed by atoms with Gasteiger partial charge < -0.3 is 9.53 Å². The third-order valence-electron chi connectivity index (χ3n) is 3.09. The van der Waals surface area contributed by atoms with Gasteiger partial charge in [-0.2, -0.15) is 0 Å². The first-order valence-corrected chi connectivity index (χ1v) is 7.18. The first kappa shape index (κ1) is 16.3. The predicted molar refractivity (Wildman–Crippen MR) is 78.1 cm³/mol. The minimum absolute atomic E-state index is 0.00775. The number of Topliss-reactive ketones (excluding diaryl/α,β-unsaturated/α-hetero) is 2. The fourth-order valence-corrected chi connectivity index (χ4v) is 1.97. The molecule has 0 radical (unpaired) electrons. The fraction of sp³-hybridized carbons (Fsp3) is 0.562. The predicted octanol–water partition coefficient (Wildman–Crippen LogP) is 3.59. The Labute approximate surface area is 120 Å². The lowest BCUT2D eigenvalue weighted by Crippen LogP contribution is -2.03. The molecular formula is C16H23NO3. The highest BCUT2D eigenvalue weighted by Gasteiger charge is 2.07. The SMILES string of the molecule is CC(=O)CCCCCCCOc1cnccc1C(C)=O. The number of carbonyl (C=O) groups excluding carboxylic acids is 2. The lowest BCUT2D eigenvalue weighted by Gasteiger charge is -2.08. The highest BCUT2D eigenvalue weighted by Crippen LogP contribution is 2.17. The van der Waals surface area contributed by atoms with Crippen LogP contribution in [0, 0.1) is 0 Å². The lowest BCUT2D eigenvalue weighted by atomic mass is 10.1. The fourth-order valence-electron chi connectivity index (χ4n) is 1.97. The summed E-state index contributed by atoms with van der Waals surface area (Å²) in [6.45, 7) is 3.75. The summed E-state index contributed by atoms with van der Waals surface area (Å²) >= 11 is 0. The molecule has 0 aliphatic heterocycles. The molecule has 0 fully saturated rings. The van der Waals surface area contributed by atoms with Gasteiger partial charge >= 0.3 is 0 Å². The zero-order chi connectivity index (χ0) is 14.8. The summed E-state index contributed by atoms with van der Waals surface area (Å²) < 4.78 is 5.61. The number of unbranched alkanes of at least 4 members (excludes halogenated alkanes) is 4. The Morgan fingerprint density at radius 1 is 1.10 bits per heavy atom. The van der Waals surface area contributed by atoms with Crippen molar-refractivity contribution >= 4 is 11.6 Å². The minimum Gasteiger partial charge on any atom is -0.491 e. The van der Waals surface area contributed by atoms with Crippen molar-refractivity contribution in [3.63, 3.8) is 0 Å². The Morgan fingerprint density at radius 2 is 1.80 bits per heavy atom. The van der Waals surface area contributed by atoms with Gasteiger partial charge in [0.1, 0.15) is 11.5 Å². The Hall–Kier alpha value is -1.71. The Kier molecular flexibility index (Phi) is 7.55. The van der Waals surface area contributed by atoms with E-state index in [1.54, 1.807) is 25.4 Å². The van der Waals surface area contributed by atoms with Crippen molar-refractivity contribution in [1.82, 2.24) is 4.98 Å². The van der Waals surface area contributed by atoms with Gasteiger partial charge in [0.25, 0.3) is 0 Å². The number of nitrogens with zero attached hydrogens (tertiary/aromatic N) is 1. The van der Waals surface area contributed by atoms with Crippen LogP contribution in [0.15, 0.2) is 18.5 Å². The largest absolute Gasteiger partial charge is 0.491 e. The van der Waals surface area contributed by atoms with Gasteiger partial charge in [-0.3, -0.25) is 9.78 Å². The molecule has 1 rings (SSSR count).